The van der Waals surface area contributed by atoms with Gasteiger partial charge in [-0.15, -0.1) is 5.10 Å². The van der Waals surface area contributed by atoms with Crippen LogP contribution in [0.5, 0.6) is 0 Å². The number of hydrogen-bond acceptors (Lipinski definition) is 7. The average molecular weight is 358 g/mol. The number of fused-ring (bicyclic) bond motifs is 1. The summed E-state index contributed by atoms with van der Waals surface area (Å²) in [6, 6.07) is 9.63. The van der Waals surface area contributed by atoms with Crippen LogP contribution in [0.25, 0.3) is 16.9 Å². The third-order valence-electron chi connectivity index (χ3n) is 3.96. The van der Waals surface area contributed by atoms with Crippen LogP contribution in [0, 0.1) is 0 Å². The van der Waals surface area contributed by atoms with Gasteiger partial charge in [-0.25, -0.2) is 13.8 Å². The second kappa shape index (κ2) is 8.28. The summed E-state index contributed by atoms with van der Waals surface area (Å²) < 4.78 is 3.94. The summed E-state index contributed by atoms with van der Waals surface area (Å²) >= 11 is 1.72. The van der Waals surface area contributed by atoms with Gasteiger partial charge >= 0.3 is 0 Å². The van der Waals surface area contributed by atoms with Crippen molar-refractivity contribution in [3.05, 3.63) is 42.7 Å². The summed E-state index contributed by atoms with van der Waals surface area (Å²) in [5.74, 6) is 0.251. The van der Waals surface area contributed by atoms with E-state index in [-0.39, 0.29) is 12.1 Å². The molecule has 0 spiro atoms. The van der Waals surface area contributed by atoms with Gasteiger partial charge in [-0.05, 0) is 43.4 Å². The summed E-state index contributed by atoms with van der Waals surface area (Å²) in [6.45, 7) is 1.99. The zero-order chi connectivity index (χ0) is 17.6. The van der Waals surface area contributed by atoms with E-state index in [0.29, 0.717) is 0 Å². The van der Waals surface area contributed by atoms with E-state index in [1.54, 1.807) is 28.9 Å². The van der Waals surface area contributed by atoms with Gasteiger partial charge in [0.2, 0.25) is 5.95 Å². The minimum absolute atomic E-state index is 0.0776. The molecule has 0 aromatic carbocycles. The Balaban J connectivity index is 0.000000173. The molecule has 0 aliphatic carbocycles. The van der Waals surface area contributed by atoms with Gasteiger partial charge < -0.3 is 10.8 Å². The number of hydrogen-bond donors (Lipinski definition) is 2. The topological polar surface area (TPSA) is 92.6 Å². The molecule has 8 heteroatoms. The number of nitrogens with zero attached hydrogens (tertiary/aromatic N) is 5. The maximum atomic E-state index is 9.16. The van der Waals surface area contributed by atoms with Crippen molar-refractivity contribution in [2.75, 3.05) is 25.1 Å². The van der Waals surface area contributed by atoms with Crippen molar-refractivity contribution in [3.8, 4) is 11.4 Å². The standard InChI is InChI=1S/C11H9N5.C6H13NOS/c12-11-14-7-8-4-5-10(16(8)15-11)9-3-1-2-6-13-9;1-9-7-4-2-3-6(8)5-7/h1-7H,(H2,12,15);6,8H,2-5H2,1H3. The summed E-state index contributed by atoms with van der Waals surface area (Å²) in [5.41, 5.74) is 8.23. The van der Waals surface area contributed by atoms with E-state index in [9.17, 15) is 0 Å². The zero-order valence-electron chi connectivity index (χ0n) is 14.1. The highest BCUT2D eigenvalue weighted by Gasteiger charge is 2.15. The summed E-state index contributed by atoms with van der Waals surface area (Å²) in [6.07, 6.45) is 7.54. The first-order chi connectivity index (χ1) is 12.2. The van der Waals surface area contributed by atoms with Crippen molar-refractivity contribution >= 4 is 23.4 Å². The number of rotatable bonds is 2. The van der Waals surface area contributed by atoms with Crippen molar-refractivity contribution < 1.29 is 5.11 Å². The van der Waals surface area contributed by atoms with E-state index in [1.807, 2.05) is 30.3 Å². The molecular weight excluding hydrogens is 336 g/mol. The fourth-order valence-corrected chi connectivity index (χ4v) is 3.34. The van der Waals surface area contributed by atoms with Crippen LogP contribution < -0.4 is 5.73 Å². The molecule has 3 aromatic rings. The Kier molecular flexibility index (Phi) is 5.85. The Labute approximate surface area is 151 Å². The molecule has 4 rings (SSSR count). The lowest BCUT2D eigenvalue weighted by Crippen LogP contribution is -2.33. The maximum Gasteiger partial charge on any atom is 0.238 e. The van der Waals surface area contributed by atoms with Gasteiger partial charge in [-0.2, -0.15) is 0 Å². The highest BCUT2D eigenvalue weighted by molar-refractivity contribution is 7.96. The molecule has 132 valence electrons. The van der Waals surface area contributed by atoms with Crippen LogP contribution >= 0.6 is 11.9 Å². The molecule has 25 heavy (non-hydrogen) atoms. The number of aliphatic hydroxyl groups excluding tert-OH is 1. The normalized spacial score (nSPS) is 17.9. The first kappa shape index (κ1) is 17.7. The Bertz CT molecular complexity index is 809. The number of piperidine rings is 1. The molecule has 1 saturated heterocycles. The van der Waals surface area contributed by atoms with E-state index in [0.717, 1.165) is 42.8 Å². The minimum atomic E-state index is -0.0776. The SMILES string of the molecule is CSN1CCCC(O)C1.Nc1ncc2ccc(-c3ccccn3)n2n1. The highest BCUT2D eigenvalue weighted by Crippen LogP contribution is 2.19. The van der Waals surface area contributed by atoms with E-state index >= 15 is 0 Å². The predicted octanol–water partition coefficient (Wildman–Crippen LogP) is 2.09. The number of aromatic nitrogens is 4. The smallest absolute Gasteiger partial charge is 0.238 e. The van der Waals surface area contributed by atoms with Crippen LogP contribution in [0.3, 0.4) is 0 Å². The van der Waals surface area contributed by atoms with Gasteiger partial charge in [0.25, 0.3) is 0 Å². The molecular formula is C17H22N6OS. The van der Waals surface area contributed by atoms with E-state index < -0.39 is 0 Å². The molecule has 1 aliphatic rings. The molecule has 0 saturated carbocycles. The molecule has 7 nitrogen and oxygen atoms in total. The molecule has 3 aromatic heterocycles. The Morgan fingerprint density at radius 1 is 1.24 bits per heavy atom. The molecule has 0 amide bonds. The second-order valence-corrected chi connectivity index (χ2v) is 6.63. The fourth-order valence-electron chi connectivity index (χ4n) is 2.71. The van der Waals surface area contributed by atoms with Crippen molar-refractivity contribution in [1.29, 1.82) is 0 Å². The fraction of sp³-hybridized carbons (Fsp3) is 0.353. The Morgan fingerprint density at radius 2 is 2.12 bits per heavy atom. The van der Waals surface area contributed by atoms with Crippen LogP contribution in [0.15, 0.2) is 42.7 Å². The first-order valence-corrected chi connectivity index (χ1v) is 9.34. The van der Waals surface area contributed by atoms with Crippen LogP contribution in [0.4, 0.5) is 5.95 Å². The molecule has 4 heterocycles. The van der Waals surface area contributed by atoms with Crippen molar-refractivity contribution in [3.63, 3.8) is 0 Å². The molecule has 0 radical (unpaired) electrons. The predicted molar refractivity (Wildman–Crippen MR) is 101 cm³/mol. The summed E-state index contributed by atoms with van der Waals surface area (Å²) in [5, 5.41) is 13.3. The van der Waals surface area contributed by atoms with E-state index in [2.05, 4.69) is 25.6 Å². The van der Waals surface area contributed by atoms with Gasteiger partial charge in [0.05, 0.1) is 29.2 Å². The third-order valence-corrected chi connectivity index (χ3v) is 4.81. The lowest BCUT2D eigenvalue weighted by molar-refractivity contribution is 0.113. The number of β-amino-alcohol motifs (C(OH)–C–C–N with tert-alkyl or cyclic N) is 1. The minimum Gasteiger partial charge on any atom is -0.392 e. The van der Waals surface area contributed by atoms with Gasteiger partial charge in [-0.3, -0.25) is 4.98 Å². The van der Waals surface area contributed by atoms with Crippen molar-refractivity contribution in [2.45, 2.75) is 18.9 Å². The number of aliphatic hydroxyl groups is 1. The Morgan fingerprint density at radius 3 is 2.80 bits per heavy atom. The largest absolute Gasteiger partial charge is 0.392 e. The molecule has 3 N–H and O–H groups in total. The van der Waals surface area contributed by atoms with Crippen LogP contribution in [0.2, 0.25) is 0 Å². The molecule has 1 aliphatic heterocycles. The number of nitrogens with two attached hydrogens (primary N) is 1. The highest BCUT2D eigenvalue weighted by atomic mass is 32.2. The quantitative estimate of drug-likeness (QED) is 0.678. The molecule has 0 bridgehead atoms. The zero-order valence-corrected chi connectivity index (χ0v) is 14.9. The van der Waals surface area contributed by atoms with Gasteiger partial charge in [-0.1, -0.05) is 18.0 Å². The van der Waals surface area contributed by atoms with Crippen LogP contribution in [-0.4, -0.2) is 54.4 Å². The van der Waals surface area contributed by atoms with Gasteiger partial charge in [0.15, 0.2) is 0 Å². The third kappa shape index (κ3) is 4.47. The van der Waals surface area contributed by atoms with Crippen LogP contribution in [0.1, 0.15) is 12.8 Å². The number of nitrogen functional groups attached to an aromatic ring is 1. The maximum absolute atomic E-state index is 9.16. The van der Waals surface area contributed by atoms with Crippen molar-refractivity contribution in [1.82, 2.24) is 23.9 Å². The monoisotopic (exact) mass is 358 g/mol. The molecule has 1 fully saturated rings. The van der Waals surface area contributed by atoms with Gasteiger partial charge in [0, 0.05) is 19.3 Å². The van der Waals surface area contributed by atoms with Crippen molar-refractivity contribution in [2.24, 2.45) is 0 Å². The lowest BCUT2D eigenvalue weighted by Gasteiger charge is -2.27. The second-order valence-electron chi connectivity index (χ2n) is 5.75. The Hall–Kier alpha value is -2.16. The molecule has 1 unspecified atom stereocenters. The summed E-state index contributed by atoms with van der Waals surface area (Å²) in [7, 11) is 0. The first-order valence-electron chi connectivity index (χ1n) is 8.16. The lowest BCUT2D eigenvalue weighted by atomic mass is 10.1. The number of anilines is 1. The summed E-state index contributed by atoms with van der Waals surface area (Å²) in [4.78, 5) is 8.22. The average Bonchev–Trinajstić information content (AvgIpc) is 3.06. The van der Waals surface area contributed by atoms with E-state index in [4.69, 9.17) is 10.8 Å². The van der Waals surface area contributed by atoms with Crippen LogP contribution in [-0.2, 0) is 0 Å². The molecule has 1 atom stereocenters. The van der Waals surface area contributed by atoms with Gasteiger partial charge in [0.1, 0.15) is 0 Å². The number of pyridine rings is 1. The van der Waals surface area contributed by atoms with E-state index in [1.165, 1.54) is 0 Å².